The van der Waals surface area contributed by atoms with Gasteiger partial charge in [0.2, 0.25) is 5.78 Å². The van der Waals surface area contributed by atoms with E-state index in [1.807, 2.05) is 37.3 Å². The Morgan fingerprint density at radius 3 is 2.50 bits per heavy atom. The summed E-state index contributed by atoms with van der Waals surface area (Å²) in [5.74, 6) is -0.275. The Bertz CT molecular complexity index is 726. The van der Waals surface area contributed by atoms with E-state index in [2.05, 4.69) is 5.32 Å². The number of hydrogen-bond acceptors (Lipinski definition) is 3. The minimum absolute atomic E-state index is 0.196. The monoisotopic (exact) mass is 345 g/mol. The van der Waals surface area contributed by atoms with Crippen LogP contribution in [0.1, 0.15) is 24.0 Å². The van der Waals surface area contributed by atoms with Gasteiger partial charge in [-0.1, -0.05) is 29.8 Å². The summed E-state index contributed by atoms with van der Waals surface area (Å²) in [6, 6.07) is 12.9. The highest BCUT2D eigenvalue weighted by molar-refractivity contribution is 6.42. The molecule has 5 heteroatoms. The number of carbonyl (C=O) groups is 2. The van der Waals surface area contributed by atoms with Crippen molar-refractivity contribution in [3.63, 3.8) is 0 Å². The Kier molecular flexibility index (Phi) is 6.38. The fraction of sp³-hybridized carbons (Fsp3) is 0.263. The number of nitrogens with one attached hydrogen (secondary N) is 1. The van der Waals surface area contributed by atoms with Crippen LogP contribution in [0, 0.1) is 6.92 Å². The van der Waals surface area contributed by atoms with Crippen LogP contribution in [0.5, 0.6) is 5.75 Å². The molecular formula is C19H20ClNO3. The zero-order valence-corrected chi connectivity index (χ0v) is 14.5. The third kappa shape index (κ3) is 5.10. The van der Waals surface area contributed by atoms with Crippen molar-refractivity contribution in [1.29, 1.82) is 0 Å². The zero-order valence-electron chi connectivity index (χ0n) is 13.8. The molecule has 1 N–H and O–H groups in total. The highest BCUT2D eigenvalue weighted by Crippen LogP contribution is 2.22. The van der Waals surface area contributed by atoms with Crippen LogP contribution in [0.4, 0.5) is 5.69 Å². The number of aryl methyl sites for hydroxylation is 2. The number of amides is 1. The normalized spacial score (nSPS) is 10.3. The molecule has 0 spiro atoms. The van der Waals surface area contributed by atoms with Gasteiger partial charge in [-0.3, -0.25) is 9.59 Å². The van der Waals surface area contributed by atoms with Gasteiger partial charge in [-0.2, -0.15) is 0 Å². The van der Waals surface area contributed by atoms with Crippen molar-refractivity contribution in [3.05, 3.63) is 58.6 Å². The summed E-state index contributed by atoms with van der Waals surface area (Å²) in [4.78, 5) is 23.9. The molecule has 0 fully saturated rings. The molecule has 0 aliphatic heterocycles. The van der Waals surface area contributed by atoms with E-state index in [0.717, 1.165) is 23.3 Å². The number of hydrogen-bond donors (Lipinski definition) is 1. The lowest BCUT2D eigenvalue weighted by molar-refractivity contribution is -0.134. The van der Waals surface area contributed by atoms with Crippen molar-refractivity contribution in [2.24, 2.45) is 0 Å². The fourth-order valence-corrected chi connectivity index (χ4v) is 2.45. The average molecular weight is 346 g/mol. The van der Waals surface area contributed by atoms with Crippen LogP contribution < -0.4 is 10.1 Å². The van der Waals surface area contributed by atoms with Gasteiger partial charge in [0.1, 0.15) is 5.75 Å². The maximum Gasteiger partial charge on any atom is 0.291 e. The summed E-state index contributed by atoms with van der Waals surface area (Å²) in [5, 5.41) is 2.99. The van der Waals surface area contributed by atoms with Gasteiger partial charge >= 0.3 is 0 Å². The molecule has 0 aromatic heterocycles. The lowest BCUT2D eigenvalue weighted by Gasteiger charge is -2.08. The molecule has 0 saturated carbocycles. The smallest absolute Gasteiger partial charge is 0.291 e. The Labute approximate surface area is 146 Å². The van der Waals surface area contributed by atoms with Crippen LogP contribution in [0.3, 0.4) is 0 Å². The molecule has 0 aliphatic rings. The molecule has 0 aliphatic carbocycles. The van der Waals surface area contributed by atoms with E-state index in [1.54, 1.807) is 19.2 Å². The first-order chi connectivity index (χ1) is 11.5. The number of anilines is 1. The molecule has 24 heavy (non-hydrogen) atoms. The summed E-state index contributed by atoms with van der Waals surface area (Å²) in [6.45, 7) is 1.89. The average Bonchev–Trinajstić information content (AvgIpc) is 2.58. The van der Waals surface area contributed by atoms with Gasteiger partial charge < -0.3 is 10.1 Å². The third-order valence-corrected chi connectivity index (χ3v) is 3.98. The first-order valence-electron chi connectivity index (χ1n) is 7.73. The molecule has 0 heterocycles. The van der Waals surface area contributed by atoms with E-state index in [4.69, 9.17) is 16.3 Å². The summed E-state index contributed by atoms with van der Waals surface area (Å²) >= 11 is 6.02. The molecule has 0 radical (unpaired) electrons. The van der Waals surface area contributed by atoms with Gasteiger partial charge in [0.25, 0.3) is 5.91 Å². The highest BCUT2D eigenvalue weighted by atomic mass is 35.5. The Balaban J connectivity index is 1.83. The van der Waals surface area contributed by atoms with Crippen LogP contribution in [0.15, 0.2) is 42.5 Å². The molecule has 126 valence electrons. The van der Waals surface area contributed by atoms with Crippen LogP contribution in [-0.2, 0) is 16.0 Å². The largest absolute Gasteiger partial charge is 0.497 e. The van der Waals surface area contributed by atoms with E-state index in [9.17, 15) is 9.59 Å². The number of ether oxygens (including phenoxy) is 1. The molecule has 0 unspecified atom stereocenters. The number of rotatable bonds is 7. The molecule has 0 saturated heterocycles. The summed E-state index contributed by atoms with van der Waals surface area (Å²) in [7, 11) is 1.62. The van der Waals surface area contributed by atoms with Crippen molar-refractivity contribution < 1.29 is 14.3 Å². The molecule has 0 bridgehead atoms. The lowest BCUT2D eigenvalue weighted by atomic mass is 10.1. The molecule has 1 amide bonds. The summed E-state index contributed by atoms with van der Waals surface area (Å²) in [6.07, 6.45) is 1.54. The quantitative estimate of drug-likeness (QED) is 0.765. The summed E-state index contributed by atoms with van der Waals surface area (Å²) in [5.41, 5.74) is 2.53. The van der Waals surface area contributed by atoms with Gasteiger partial charge in [-0.25, -0.2) is 0 Å². The van der Waals surface area contributed by atoms with Crippen molar-refractivity contribution in [2.75, 3.05) is 12.4 Å². The van der Waals surface area contributed by atoms with Gasteiger partial charge in [0.05, 0.1) is 17.8 Å². The lowest BCUT2D eigenvalue weighted by Crippen LogP contribution is -2.22. The standard InChI is InChI=1S/C19H20ClNO3/c1-13-6-11-16(20)17(12-13)21-19(23)18(22)5-3-4-14-7-9-15(24-2)10-8-14/h6-12H,3-5H2,1-2H3,(H,21,23). The zero-order chi connectivity index (χ0) is 17.5. The van der Waals surface area contributed by atoms with E-state index >= 15 is 0 Å². The van der Waals surface area contributed by atoms with Crippen LogP contribution in [0.25, 0.3) is 0 Å². The minimum atomic E-state index is -0.628. The maximum absolute atomic E-state index is 12.0. The van der Waals surface area contributed by atoms with Crippen LogP contribution in [0.2, 0.25) is 5.02 Å². The minimum Gasteiger partial charge on any atom is -0.497 e. The van der Waals surface area contributed by atoms with Crippen molar-refractivity contribution in [2.45, 2.75) is 26.2 Å². The van der Waals surface area contributed by atoms with Crippen molar-refractivity contribution in [3.8, 4) is 5.75 Å². The predicted molar refractivity (Wildman–Crippen MR) is 95.8 cm³/mol. The SMILES string of the molecule is COc1ccc(CCCC(=O)C(=O)Nc2cc(C)ccc2Cl)cc1. The van der Waals surface area contributed by atoms with Crippen LogP contribution >= 0.6 is 11.6 Å². The Morgan fingerprint density at radius 2 is 1.83 bits per heavy atom. The van der Waals surface area contributed by atoms with Crippen molar-refractivity contribution in [1.82, 2.24) is 0 Å². The fourth-order valence-electron chi connectivity index (χ4n) is 2.29. The molecule has 2 aromatic carbocycles. The molecular weight excluding hydrogens is 326 g/mol. The Hall–Kier alpha value is -2.33. The predicted octanol–water partition coefficient (Wildman–Crippen LogP) is 4.19. The van der Waals surface area contributed by atoms with E-state index in [1.165, 1.54) is 0 Å². The van der Waals surface area contributed by atoms with Gasteiger partial charge in [0.15, 0.2) is 0 Å². The number of Topliss-reactive ketones (excluding diaryl/α,β-unsaturated/α-hetero) is 1. The van der Waals surface area contributed by atoms with E-state index in [0.29, 0.717) is 17.1 Å². The Morgan fingerprint density at radius 1 is 1.12 bits per heavy atom. The van der Waals surface area contributed by atoms with E-state index in [-0.39, 0.29) is 6.42 Å². The highest BCUT2D eigenvalue weighted by Gasteiger charge is 2.15. The topological polar surface area (TPSA) is 55.4 Å². The molecule has 2 rings (SSSR count). The first-order valence-corrected chi connectivity index (χ1v) is 8.10. The molecule has 0 atom stereocenters. The number of benzene rings is 2. The van der Waals surface area contributed by atoms with Gasteiger partial charge in [-0.15, -0.1) is 0 Å². The number of methoxy groups -OCH3 is 1. The second-order valence-corrected chi connectivity index (χ2v) is 5.97. The number of ketones is 1. The van der Waals surface area contributed by atoms with Gasteiger partial charge in [-0.05, 0) is 55.2 Å². The second-order valence-electron chi connectivity index (χ2n) is 5.56. The number of carbonyl (C=O) groups excluding carboxylic acids is 2. The second kappa shape index (κ2) is 8.50. The van der Waals surface area contributed by atoms with Crippen LogP contribution in [-0.4, -0.2) is 18.8 Å². The number of halogens is 1. The van der Waals surface area contributed by atoms with Gasteiger partial charge in [0, 0.05) is 6.42 Å². The first kappa shape index (κ1) is 18.0. The maximum atomic E-state index is 12.0. The molecule has 4 nitrogen and oxygen atoms in total. The summed E-state index contributed by atoms with van der Waals surface area (Å²) < 4.78 is 5.10. The van der Waals surface area contributed by atoms with Crippen molar-refractivity contribution >= 4 is 29.0 Å². The van der Waals surface area contributed by atoms with E-state index < -0.39 is 11.7 Å². The molecule has 2 aromatic rings. The third-order valence-electron chi connectivity index (χ3n) is 3.65.